The van der Waals surface area contributed by atoms with Crippen LogP contribution in [0.4, 0.5) is 0 Å². The lowest BCUT2D eigenvalue weighted by molar-refractivity contribution is -0.211. The molecule has 0 aliphatic carbocycles. The Morgan fingerprint density at radius 1 is 0.577 bits per heavy atom. The summed E-state index contributed by atoms with van der Waals surface area (Å²) in [6.45, 7) is 13.2. The van der Waals surface area contributed by atoms with Gasteiger partial charge in [-0.3, -0.25) is 0 Å². The zero-order chi connectivity index (χ0) is 19.3. The zero-order valence-corrected chi connectivity index (χ0v) is 15.8. The van der Waals surface area contributed by atoms with Gasteiger partial charge in [0.1, 0.15) is 20.2 Å². The zero-order valence-electron chi connectivity index (χ0n) is 15.8. The molecule has 0 aromatic rings. The van der Waals surface area contributed by atoms with Gasteiger partial charge in [0.15, 0.2) is 19.4 Å². The largest absolute Gasteiger partial charge is 0.499 e. The fourth-order valence-corrected chi connectivity index (χ4v) is 1.39. The van der Waals surface area contributed by atoms with Crippen LogP contribution in [-0.2, 0) is 42.6 Å². The molecule has 0 aliphatic heterocycles. The predicted molar refractivity (Wildman–Crippen MR) is 92.9 cm³/mol. The molecular weight excluding hydrogens is 348 g/mol. The van der Waals surface area contributed by atoms with Crippen LogP contribution in [0.1, 0.15) is 13.8 Å². The van der Waals surface area contributed by atoms with E-state index in [-0.39, 0.29) is 20.4 Å². The molecule has 0 bridgehead atoms. The molecule has 9 nitrogen and oxygen atoms in total. The normalized spacial score (nSPS) is 13.2. The molecule has 2 unspecified atom stereocenters. The van der Waals surface area contributed by atoms with Crippen LogP contribution in [0.5, 0.6) is 0 Å². The summed E-state index contributed by atoms with van der Waals surface area (Å²) >= 11 is 0. The maximum atomic E-state index is 5.39. The van der Waals surface area contributed by atoms with Crippen LogP contribution in [0.2, 0.25) is 0 Å². The van der Waals surface area contributed by atoms with Gasteiger partial charge in [0.05, 0.1) is 45.6 Å². The van der Waals surface area contributed by atoms with Gasteiger partial charge >= 0.3 is 0 Å². The second-order valence-electron chi connectivity index (χ2n) is 4.66. The van der Waals surface area contributed by atoms with E-state index < -0.39 is 12.6 Å². The summed E-state index contributed by atoms with van der Waals surface area (Å²) in [4.78, 5) is 0. The predicted octanol–water partition coefficient (Wildman–Crippen LogP) is 1.99. The first-order valence-corrected chi connectivity index (χ1v) is 8.35. The summed E-state index contributed by atoms with van der Waals surface area (Å²) in [7, 11) is 0. The Morgan fingerprint density at radius 2 is 1.04 bits per heavy atom. The Balaban J connectivity index is 3.27. The van der Waals surface area contributed by atoms with E-state index in [2.05, 4.69) is 13.2 Å². The Hall–Kier alpha value is -1.20. The van der Waals surface area contributed by atoms with Gasteiger partial charge in [0, 0.05) is 0 Å². The summed E-state index contributed by atoms with van der Waals surface area (Å²) < 4.78 is 46.6. The van der Waals surface area contributed by atoms with E-state index in [0.717, 1.165) is 0 Å². The van der Waals surface area contributed by atoms with Gasteiger partial charge in [-0.05, 0) is 13.8 Å². The highest BCUT2D eigenvalue weighted by molar-refractivity contribution is 4.47. The van der Waals surface area contributed by atoms with E-state index >= 15 is 0 Å². The second kappa shape index (κ2) is 20.1. The van der Waals surface area contributed by atoms with Crippen LogP contribution in [-0.4, -0.2) is 72.6 Å². The molecule has 0 spiro atoms. The molecule has 26 heavy (non-hydrogen) atoms. The molecule has 9 heteroatoms. The summed E-state index contributed by atoms with van der Waals surface area (Å²) in [5.74, 6) is 0. The van der Waals surface area contributed by atoms with Crippen LogP contribution in [0.15, 0.2) is 25.7 Å². The third kappa shape index (κ3) is 19.1. The highest BCUT2D eigenvalue weighted by Gasteiger charge is 2.04. The van der Waals surface area contributed by atoms with Gasteiger partial charge in [-0.1, -0.05) is 13.2 Å². The first kappa shape index (κ1) is 24.8. The lowest BCUT2D eigenvalue weighted by atomic mass is 10.7. The smallest absolute Gasteiger partial charge is 0.188 e. The monoisotopic (exact) mass is 380 g/mol. The highest BCUT2D eigenvalue weighted by Crippen LogP contribution is 1.96. The van der Waals surface area contributed by atoms with Crippen molar-refractivity contribution in [2.45, 2.75) is 26.4 Å². The van der Waals surface area contributed by atoms with E-state index in [1.54, 1.807) is 13.8 Å². The average molecular weight is 380 g/mol. The number of hydrogen-bond acceptors (Lipinski definition) is 9. The van der Waals surface area contributed by atoms with Crippen LogP contribution < -0.4 is 0 Å². The SMILES string of the molecule is C=COCCOCOC(C)OCCOCOC(C)OCCOCOC=C. The Morgan fingerprint density at radius 3 is 1.54 bits per heavy atom. The van der Waals surface area contributed by atoms with Gasteiger partial charge in [-0.2, -0.15) is 0 Å². The van der Waals surface area contributed by atoms with Crippen LogP contribution in [0.3, 0.4) is 0 Å². The van der Waals surface area contributed by atoms with Crippen molar-refractivity contribution in [3.8, 4) is 0 Å². The minimum Gasteiger partial charge on any atom is -0.499 e. The lowest BCUT2D eigenvalue weighted by Crippen LogP contribution is -2.21. The Labute approximate surface area is 155 Å². The summed E-state index contributed by atoms with van der Waals surface area (Å²) in [6, 6.07) is 0. The molecule has 154 valence electrons. The van der Waals surface area contributed by atoms with Crippen molar-refractivity contribution in [3.63, 3.8) is 0 Å². The lowest BCUT2D eigenvalue weighted by Gasteiger charge is -2.16. The summed E-state index contributed by atoms with van der Waals surface area (Å²) in [5.41, 5.74) is 0. The number of hydrogen-bond donors (Lipinski definition) is 0. The van der Waals surface area contributed by atoms with Gasteiger partial charge in [0.25, 0.3) is 0 Å². The fourth-order valence-electron chi connectivity index (χ4n) is 1.39. The molecule has 0 fully saturated rings. The first-order chi connectivity index (χ1) is 12.7. The van der Waals surface area contributed by atoms with Crippen LogP contribution in [0.25, 0.3) is 0 Å². The van der Waals surface area contributed by atoms with Crippen molar-refractivity contribution in [2.24, 2.45) is 0 Å². The first-order valence-electron chi connectivity index (χ1n) is 8.35. The third-order valence-electron chi connectivity index (χ3n) is 2.67. The molecule has 0 aromatic carbocycles. The third-order valence-corrected chi connectivity index (χ3v) is 2.67. The minimum atomic E-state index is -0.399. The van der Waals surface area contributed by atoms with Crippen LogP contribution in [0, 0.1) is 0 Å². The molecule has 0 saturated carbocycles. The standard InChI is InChI=1S/C17H32O9/c1-5-18-7-8-21-14-25-17(4)24-12-10-22-15-26-16(3)23-11-9-20-13-19-6-2/h5-6,16-17H,1-2,7-15H2,3-4H3. The van der Waals surface area contributed by atoms with Crippen molar-refractivity contribution in [1.82, 2.24) is 0 Å². The average Bonchev–Trinajstić information content (AvgIpc) is 2.63. The molecule has 0 N–H and O–H groups in total. The van der Waals surface area contributed by atoms with Gasteiger partial charge < -0.3 is 42.6 Å². The maximum absolute atomic E-state index is 5.39. The van der Waals surface area contributed by atoms with Crippen molar-refractivity contribution in [2.75, 3.05) is 60.0 Å². The van der Waals surface area contributed by atoms with E-state index in [0.29, 0.717) is 39.6 Å². The highest BCUT2D eigenvalue weighted by atomic mass is 16.8. The molecule has 0 radical (unpaired) electrons. The maximum Gasteiger partial charge on any atom is 0.188 e. The fraction of sp³-hybridized carbons (Fsp3) is 0.765. The van der Waals surface area contributed by atoms with Crippen molar-refractivity contribution >= 4 is 0 Å². The molecule has 0 aromatic heterocycles. The molecule has 0 saturated heterocycles. The van der Waals surface area contributed by atoms with E-state index in [1.165, 1.54) is 12.5 Å². The van der Waals surface area contributed by atoms with Crippen molar-refractivity contribution in [3.05, 3.63) is 25.7 Å². The van der Waals surface area contributed by atoms with Gasteiger partial charge in [-0.25, -0.2) is 0 Å². The summed E-state index contributed by atoms with van der Waals surface area (Å²) in [6.07, 6.45) is 1.88. The Bertz CT molecular complexity index is 285. The molecule has 2 atom stereocenters. The summed E-state index contributed by atoms with van der Waals surface area (Å²) in [5, 5.41) is 0. The Kier molecular flexibility index (Phi) is 19.2. The van der Waals surface area contributed by atoms with E-state index in [4.69, 9.17) is 42.6 Å². The van der Waals surface area contributed by atoms with Gasteiger partial charge in [0.2, 0.25) is 0 Å². The number of ether oxygens (including phenoxy) is 9. The molecule has 0 rings (SSSR count). The van der Waals surface area contributed by atoms with Crippen LogP contribution >= 0.6 is 0 Å². The quantitative estimate of drug-likeness (QED) is 0.169. The topological polar surface area (TPSA) is 83.1 Å². The molecule has 0 amide bonds. The molecule has 0 heterocycles. The molecule has 0 aliphatic rings. The molecular formula is C17H32O9. The minimum absolute atomic E-state index is 0.104. The second-order valence-corrected chi connectivity index (χ2v) is 4.66. The van der Waals surface area contributed by atoms with Crippen molar-refractivity contribution < 1.29 is 42.6 Å². The van der Waals surface area contributed by atoms with E-state index in [9.17, 15) is 0 Å². The number of rotatable bonds is 21. The van der Waals surface area contributed by atoms with E-state index in [1.807, 2.05) is 0 Å². The van der Waals surface area contributed by atoms with Crippen molar-refractivity contribution in [1.29, 1.82) is 0 Å². The van der Waals surface area contributed by atoms with Gasteiger partial charge in [-0.15, -0.1) is 0 Å².